The van der Waals surface area contributed by atoms with E-state index in [-0.39, 0.29) is 0 Å². The molecule has 1 fully saturated rings. The summed E-state index contributed by atoms with van der Waals surface area (Å²) in [6.45, 7) is 5.23. The Morgan fingerprint density at radius 1 is 1.20 bits per heavy atom. The van der Waals surface area contributed by atoms with Crippen LogP contribution in [-0.4, -0.2) is 44.8 Å². The van der Waals surface area contributed by atoms with Crippen LogP contribution in [-0.2, 0) is 4.74 Å². The van der Waals surface area contributed by atoms with E-state index < -0.39 is 0 Å². The first-order chi connectivity index (χ1) is 7.33. The van der Waals surface area contributed by atoms with Crippen molar-refractivity contribution in [2.24, 2.45) is 11.7 Å². The van der Waals surface area contributed by atoms with Crippen LogP contribution in [0.1, 0.15) is 32.1 Å². The second-order valence-corrected chi connectivity index (χ2v) is 4.67. The maximum atomic E-state index is 5.47. The van der Waals surface area contributed by atoms with Gasteiger partial charge in [-0.05, 0) is 51.7 Å². The van der Waals surface area contributed by atoms with Crippen molar-refractivity contribution in [1.29, 1.82) is 0 Å². The lowest BCUT2D eigenvalue weighted by atomic mass is 10.00. The molecular formula is C12H26N2O. The smallest absolute Gasteiger partial charge is 0.0469 e. The summed E-state index contributed by atoms with van der Waals surface area (Å²) in [5.74, 6) is 0.859. The highest BCUT2D eigenvalue weighted by Crippen LogP contribution is 2.15. The van der Waals surface area contributed by atoms with Crippen LogP contribution in [0.25, 0.3) is 0 Å². The zero-order valence-corrected chi connectivity index (χ0v) is 10.1. The van der Waals surface area contributed by atoms with Gasteiger partial charge in [0, 0.05) is 19.8 Å². The zero-order chi connectivity index (χ0) is 10.9. The van der Waals surface area contributed by atoms with Gasteiger partial charge in [0.2, 0.25) is 0 Å². The van der Waals surface area contributed by atoms with Gasteiger partial charge in [-0.25, -0.2) is 0 Å². The van der Waals surface area contributed by atoms with Gasteiger partial charge in [-0.15, -0.1) is 0 Å². The van der Waals surface area contributed by atoms with Crippen LogP contribution < -0.4 is 5.73 Å². The molecule has 0 amide bonds. The molecule has 0 unspecified atom stereocenters. The van der Waals surface area contributed by atoms with E-state index in [9.17, 15) is 0 Å². The van der Waals surface area contributed by atoms with Crippen molar-refractivity contribution in [2.75, 3.05) is 39.9 Å². The van der Waals surface area contributed by atoms with Gasteiger partial charge in [-0.2, -0.15) is 0 Å². The van der Waals surface area contributed by atoms with E-state index in [1.54, 1.807) is 0 Å². The molecule has 0 atom stereocenters. The minimum Gasteiger partial charge on any atom is -0.381 e. The average Bonchev–Trinajstić information content (AvgIpc) is 2.26. The van der Waals surface area contributed by atoms with E-state index in [0.29, 0.717) is 0 Å². The third kappa shape index (κ3) is 6.13. The summed E-state index contributed by atoms with van der Waals surface area (Å²) in [6.07, 6.45) is 6.22. The molecule has 0 aliphatic carbocycles. The predicted octanol–water partition coefficient (Wildman–Crippen LogP) is 1.47. The van der Waals surface area contributed by atoms with Crippen LogP contribution in [0.15, 0.2) is 0 Å². The van der Waals surface area contributed by atoms with Gasteiger partial charge in [-0.1, -0.05) is 6.42 Å². The predicted molar refractivity (Wildman–Crippen MR) is 63.9 cm³/mol. The first-order valence-corrected chi connectivity index (χ1v) is 6.29. The maximum absolute atomic E-state index is 5.47. The standard InChI is InChI=1S/C12H26N2O/c1-14(8-4-2-3-7-13)11-12-5-9-15-10-6-12/h12H,2-11,13H2,1H3. The topological polar surface area (TPSA) is 38.5 Å². The fraction of sp³-hybridized carbons (Fsp3) is 1.00. The zero-order valence-electron chi connectivity index (χ0n) is 10.1. The van der Waals surface area contributed by atoms with Crippen molar-refractivity contribution in [3.63, 3.8) is 0 Å². The number of nitrogens with two attached hydrogens (primary N) is 1. The highest BCUT2D eigenvalue weighted by Gasteiger charge is 2.15. The summed E-state index contributed by atoms with van der Waals surface area (Å²) in [7, 11) is 2.23. The molecule has 0 aromatic carbocycles. The van der Waals surface area contributed by atoms with Crippen molar-refractivity contribution in [3.05, 3.63) is 0 Å². The monoisotopic (exact) mass is 214 g/mol. The minimum atomic E-state index is 0.837. The Morgan fingerprint density at radius 3 is 2.60 bits per heavy atom. The number of hydrogen-bond acceptors (Lipinski definition) is 3. The molecular weight excluding hydrogens is 188 g/mol. The van der Waals surface area contributed by atoms with Gasteiger partial charge < -0.3 is 15.4 Å². The molecule has 0 aromatic heterocycles. The Balaban J connectivity index is 1.98. The van der Waals surface area contributed by atoms with Gasteiger partial charge in [0.15, 0.2) is 0 Å². The Morgan fingerprint density at radius 2 is 1.93 bits per heavy atom. The molecule has 90 valence electrons. The molecule has 0 spiro atoms. The Kier molecular flexibility index (Phi) is 6.98. The fourth-order valence-electron chi connectivity index (χ4n) is 2.16. The normalized spacial score (nSPS) is 18.6. The number of unbranched alkanes of at least 4 members (excludes halogenated alkanes) is 2. The average molecular weight is 214 g/mol. The molecule has 0 aromatic rings. The van der Waals surface area contributed by atoms with Crippen LogP contribution in [0.4, 0.5) is 0 Å². The van der Waals surface area contributed by atoms with Crippen molar-refractivity contribution in [1.82, 2.24) is 4.90 Å². The molecule has 3 heteroatoms. The summed E-state index contributed by atoms with van der Waals surface area (Å²) in [5, 5.41) is 0. The van der Waals surface area contributed by atoms with Crippen molar-refractivity contribution in [2.45, 2.75) is 32.1 Å². The molecule has 15 heavy (non-hydrogen) atoms. The lowest BCUT2D eigenvalue weighted by molar-refractivity contribution is 0.0556. The van der Waals surface area contributed by atoms with E-state index >= 15 is 0 Å². The first-order valence-electron chi connectivity index (χ1n) is 6.29. The third-order valence-corrected chi connectivity index (χ3v) is 3.15. The second-order valence-electron chi connectivity index (χ2n) is 4.67. The second kappa shape index (κ2) is 8.08. The number of ether oxygens (including phenoxy) is 1. The molecule has 1 rings (SSSR count). The summed E-state index contributed by atoms with van der Waals surface area (Å²) in [5.41, 5.74) is 5.47. The largest absolute Gasteiger partial charge is 0.381 e. The Bertz CT molecular complexity index is 147. The van der Waals surface area contributed by atoms with Crippen LogP contribution >= 0.6 is 0 Å². The fourth-order valence-corrected chi connectivity index (χ4v) is 2.16. The molecule has 0 bridgehead atoms. The van der Waals surface area contributed by atoms with E-state index in [1.165, 1.54) is 45.2 Å². The maximum Gasteiger partial charge on any atom is 0.0469 e. The minimum absolute atomic E-state index is 0.837. The number of rotatable bonds is 7. The summed E-state index contributed by atoms with van der Waals surface area (Å²) in [4.78, 5) is 2.46. The molecule has 1 saturated heterocycles. The lowest BCUT2D eigenvalue weighted by Crippen LogP contribution is -2.30. The highest BCUT2D eigenvalue weighted by molar-refractivity contribution is 4.67. The number of hydrogen-bond donors (Lipinski definition) is 1. The summed E-state index contributed by atoms with van der Waals surface area (Å²) < 4.78 is 5.36. The van der Waals surface area contributed by atoms with E-state index in [2.05, 4.69) is 11.9 Å². The van der Waals surface area contributed by atoms with Crippen molar-refractivity contribution >= 4 is 0 Å². The Hall–Kier alpha value is -0.120. The van der Waals surface area contributed by atoms with Crippen molar-refractivity contribution < 1.29 is 4.74 Å². The van der Waals surface area contributed by atoms with Crippen molar-refractivity contribution in [3.8, 4) is 0 Å². The molecule has 0 saturated carbocycles. The molecule has 1 aliphatic heterocycles. The number of nitrogens with zero attached hydrogens (tertiary/aromatic N) is 1. The van der Waals surface area contributed by atoms with E-state index in [1.807, 2.05) is 0 Å². The molecule has 0 radical (unpaired) electrons. The Labute approximate surface area is 94.0 Å². The van der Waals surface area contributed by atoms with E-state index in [0.717, 1.165) is 25.7 Å². The van der Waals surface area contributed by atoms with Gasteiger partial charge in [0.05, 0.1) is 0 Å². The molecule has 2 N–H and O–H groups in total. The van der Waals surface area contributed by atoms with E-state index in [4.69, 9.17) is 10.5 Å². The molecule has 1 heterocycles. The molecule has 3 nitrogen and oxygen atoms in total. The highest BCUT2D eigenvalue weighted by atomic mass is 16.5. The van der Waals surface area contributed by atoms with Crippen LogP contribution in [0.2, 0.25) is 0 Å². The van der Waals surface area contributed by atoms with Gasteiger partial charge >= 0.3 is 0 Å². The van der Waals surface area contributed by atoms with Gasteiger partial charge in [-0.3, -0.25) is 0 Å². The SMILES string of the molecule is CN(CCCCCN)CC1CCOCC1. The summed E-state index contributed by atoms with van der Waals surface area (Å²) >= 11 is 0. The van der Waals surface area contributed by atoms with Crippen LogP contribution in [0.3, 0.4) is 0 Å². The first kappa shape index (κ1) is 12.9. The van der Waals surface area contributed by atoms with Crippen LogP contribution in [0, 0.1) is 5.92 Å². The third-order valence-electron chi connectivity index (χ3n) is 3.15. The van der Waals surface area contributed by atoms with Gasteiger partial charge in [0.25, 0.3) is 0 Å². The molecule has 1 aliphatic rings. The summed E-state index contributed by atoms with van der Waals surface area (Å²) in [6, 6.07) is 0. The van der Waals surface area contributed by atoms with Crippen LogP contribution in [0.5, 0.6) is 0 Å². The lowest BCUT2D eigenvalue weighted by Gasteiger charge is -2.27. The quantitative estimate of drug-likeness (QED) is 0.652. The van der Waals surface area contributed by atoms with Gasteiger partial charge in [0.1, 0.15) is 0 Å².